The lowest BCUT2D eigenvalue weighted by Gasteiger charge is -2.19. The van der Waals surface area contributed by atoms with Crippen LogP contribution in [0.25, 0.3) is 11.4 Å². The van der Waals surface area contributed by atoms with Gasteiger partial charge in [0.1, 0.15) is 18.2 Å². The van der Waals surface area contributed by atoms with Crippen LogP contribution in [0.2, 0.25) is 0 Å². The number of hydrogen-bond donors (Lipinski definition) is 2. The summed E-state index contributed by atoms with van der Waals surface area (Å²) in [6.07, 6.45) is -5.38. The van der Waals surface area contributed by atoms with E-state index in [1.54, 1.807) is 4.68 Å². The summed E-state index contributed by atoms with van der Waals surface area (Å²) in [5.41, 5.74) is 1.06. The number of anilines is 2. The number of alkyl halides is 3. The van der Waals surface area contributed by atoms with Crippen LogP contribution in [0.15, 0.2) is 48.5 Å². The molecule has 0 radical (unpaired) electrons. The second-order valence-corrected chi connectivity index (χ2v) is 8.84. The summed E-state index contributed by atoms with van der Waals surface area (Å²) in [7, 11) is 3.91. The van der Waals surface area contributed by atoms with Crippen LogP contribution in [0.1, 0.15) is 11.6 Å². The fourth-order valence-corrected chi connectivity index (χ4v) is 4.44. The molecule has 2 saturated heterocycles. The van der Waals surface area contributed by atoms with Crippen LogP contribution in [-0.2, 0) is 15.7 Å². The minimum Gasteiger partial charge on any atom is -0.378 e. The van der Waals surface area contributed by atoms with E-state index in [-0.39, 0.29) is 24.9 Å². The van der Waals surface area contributed by atoms with Crippen LogP contribution in [0.4, 0.5) is 29.3 Å². The number of halogens is 3. The first-order valence-corrected chi connectivity index (χ1v) is 11.2. The molecule has 1 aromatic heterocycles. The maximum atomic E-state index is 12.9. The molecule has 13 heteroatoms. The fraction of sp³-hybridized carbons (Fsp3) is 0.391. The van der Waals surface area contributed by atoms with Gasteiger partial charge in [-0.3, -0.25) is 0 Å². The molecule has 2 aliphatic heterocycles. The molecule has 3 heterocycles. The highest BCUT2D eigenvalue weighted by atomic mass is 19.4. The molecule has 10 nitrogen and oxygen atoms in total. The highest BCUT2D eigenvalue weighted by molar-refractivity contribution is 5.89. The second-order valence-electron chi connectivity index (χ2n) is 8.84. The SMILES string of the molecule is CN(C)c1ccc(-c2nnnn2C2COC3C(NC(=O)Nc4cccc(C(F)(F)F)c4)COC32)cc1. The Bertz CT molecular complexity index is 1230. The summed E-state index contributed by atoms with van der Waals surface area (Å²) in [6, 6.07) is 10.8. The molecule has 0 saturated carbocycles. The summed E-state index contributed by atoms with van der Waals surface area (Å²) in [4.78, 5) is 14.5. The molecule has 2 aliphatic rings. The number of nitrogens with zero attached hydrogens (tertiary/aromatic N) is 5. The van der Waals surface area contributed by atoms with Crippen molar-refractivity contribution in [2.45, 2.75) is 30.5 Å². The van der Waals surface area contributed by atoms with Crippen molar-refractivity contribution in [2.75, 3.05) is 37.5 Å². The van der Waals surface area contributed by atoms with E-state index in [9.17, 15) is 18.0 Å². The lowest BCUT2D eigenvalue weighted by atomic mass is 10.1. The number of rotatable bonds is 5. The molecule has 4 unspecified atom stereocenters. The van der Waals surface area contributed by atoms with Gasteiger partial charge in [-0.15, -0.1) is 5.10 Å². The largest absolute Gasteiger partial charge is 0.416 e. The fourth-order valence-electron chi connectivity index (χ4n) is 4.44. The van der Waals surface area contributed by atoms with E-state index in [2.05, 4.69) is 26.2 Å². The maximum absolute atomic E-state index is 12.9. The molecule has 2 N–H and O–H groups in total. The lowest BCUT2D eigenvalue weighted by Crippen LogP contribution is -2.45. The molecule has 2 aromatic carbocycles. The highest BCUT2D eigenvalue weighted by Gasteiger charge is 2.50. The summed E-state index contributed by atoms with van der Waals surface area (Å²) >= 11 is 0. The van der Waals surface area contributed by atoms with E-state index >= 15 is 0 Å². The third-order valence-corrected chi connectivity index (χ3v) is 6.24. The molecular weight excluding hydrogens is 479 g/mol. The van der Waals surface area contributed by atoms with Crippen LogP contribution in [0.3, 0.4) is 0 Å². The molecule has 4 atom stereocenters. The van der Waals surface area contributed by atoms with E-state index in [1.807, 2.05) is 43.3 Å². The number of benzene rings is 2. The number of fused-ring (bicyclic) bond motifs is 1. The second kappa shape index (κ2) is 9.39. The van der Waals surface area contributed by atoms with Crippen LogP contribution < -0.4 is 15.5 Å². The summed E-state index contributed by atoms with van der Waals surface area (Å²) in [6.45, 7) is 0.452. The number of carbonyl (C=O) groups is 1. The quantitative estimate of drug-likeness (QED) is 0.552. The van der Waals surface area contributed by atoms with Gasteiger partial charge in [0.15, 0.2) is 5.82 Å². The minimum atomic E-state index is -4.50. The van der Waals surface area contributed by atoms with Crippen LogP contribution >= 0.6 is 0 Å². The predicted octanol–water partition coefficient (Wildman–Crippen LogP) is 2.95. The molecule has 0 aliphatic carbocycles. The summed E-state index contributed by atoms with van der Waals surface area (Å²) < 4.78 is 52.4. The molecular formula is C23H24F3N7O3. The number of carbonyl (C=O) groups excluding carboxylic acids is 1. The lowest BCUT2D eigenvalue weighted by molar-refractivity contribution is -0.137. The number of amides is 2. The van der Waals surface area contributed by atoms with E-state index in [0.29, 0.717) is 5.82 Å². The van der Waals surface area contributed by atoms with Gasteiger partial charge >= 0.3 is 12.2 Å². The predicted molar refractivity (Wildman–Crippen MR) is 123 cm³/mol. The Morgan fingerprint density at radius 3 is 2.56 bits per heavy atom. The smallest absolute Gasteiger partial charge is 0.378 e. The molecule has 5 rings (SSSR count). The molecule has 36 heavy (non-hydrogen) atoms. The van der Waals surface area contributed by atoms with Crippen molar-refractivity contribution in [3.05, 3.63) is 54.1 Å². The molecule has 3 aromatic rings. The van der Waals surface area contributed by atoms with Crippen LogP contribution in [0.5, 0.6) is 0 Å². The number of hydrogen-bond acceptors (Lipinski definition) is 7. The van der Waals surface area contributed by atoms with Crippen LogP contribution in [0, 0.1) is 0 Å². The molecule has 0 spiro atoms. The van der Waals surface area contributed by atoms with Gasteiger partial charge in [-0.05, 0) is 52.9 Å². The minimum absolute atomic E-state index is 0.0293. The zero-order valence-electron chi connectivity index (χ0n) is 19.4. The maximum Gasteiger partial charge on any atom is 0.416 e. The van der Waals surface area contributed by atoms with Gasteiger partial charge in [0.25, 0.3) is 0 Å². The first kappa shape index (κ1) is 24.0. The normalized spacial score (nSPS) is 23.4. The Morgan fingerprint density at radius 1 is 1.08 bits per heavy atom. The van der Waals surface area contributed by atoms with E-state index < -0.39 is 36.0 Å². The first-order chi connectivity index (χ1) is 17.2. The van der Waals surface area contributed by atoms with E-state index in [0.717, 1.165) is 23.4 Å². The van der Waals surface area contributed by atoms with Gasteiger partial charge in [-0.1, -0.05) is 6.07 Å². The number of nitrogens with one attached hydrogen (secondary N) is 2. The number of ether oxygens (including phenoxy) is 2. The average molecular weight is 503 g/mol. The zero-order valence-corrected chi connectivity index (χ0v) is 19.4. The third kappa shape index (κ3) is 4.71. The molecule has 0 bridgehead atoms. The summed E-state index contributed by atoms with van der Waals surface area (Å²) in [5, 5.41) is 17.3. The zero-order chi connectivity index (χ0) is 25.4. The van der Waals surface area contributed by atoms with Gasteiger partial charge in [-0.2, -0.15) is 13.2 Å². The Balaban J connectivity index is 1.25. The number of tetrazole rings is 1. The average Bonchev–Trinajstić information content (AvgIpc) is 3.56. The van der Waals surface area contributed by atoms with Crippen LogP contribution in [-0.4, -0.2) is 71.8 Å². The molecule has 2 amide bonds. The monoisotopic (exact) mass is 503 g/mol. The van der Waals surface area contributed by atoms with Crippen molar-refractivity contribution in [1.29, 1.82) is 0 Å². The van der Waals surface area contributed by atoms with Crippen molar-refractivity contribution in [3.8, 4) is 11.4 Å². The Hall–Kier alpha value is -3.71. The first-order valence-electron chi connectivity index (χ1n) is 11.2. The van der Waals surface area contributed by atoms with Crippen molar-refractivity contribution in [3.63, 3.8) is 0 Å². The van der Waals surface area contributed by atoms with E-state index in [1.165, 1.54) is 12.1 Å². The third-order valence-electron chi connectivity index (χ3n) is 6.24. The number of urea groups is 1. The van der Waals surface area contributed by atoms with Crippen molar-refractivity contribution < 1.29 is 27.4 Å². The Labute approximate surface area is 204 Å². The van der Waals surface area contributed by atoms with Gasteiger partial charge in [0, 0.05) is 31.0 Å². The Kier molecular flexibility index (Phi) is 6.26. The molecule has 190 valence electrons. The standard InChI is InChI=1S/C23H24F3N7O3/c1-32(2)16-8-6-13(7-9-16)21-29-30-31-33(21)18-12-36-19-17(11-35-20(18)19)28-22(34)27-15-5-3-4-14(10-15)23(24,25)26/h3-10,17-20H,11-12H2,1-2H3,(H2,27,28,34). The number of aromatic nitrogens is 4. The van der Waals surface area contributed by atoms with Gasteiger partial charge in [0.2, 0.25) is 0 Å². The van der Waals surface area contributed by atoms with Gasteiger partial charge in [-0.25, -0.2) is 9.48 Å². The van der Waals surface area contributed by atoms with Crippen molar-refractivity contribution >= 4 is 17.4 Å². The topological polar surface area (TPSA) is 106 Å². The molecule has 2 fully saturated rings. The highest BCUT2D eigenvalue weighted by Crippen LogP contribution is 2.36. The van der Waals surface area contributed by atoms with Crippen molar-refractivity contribution in [2.24, 2.45) is 0 Å². The van der Waals surface area contributed by atoms with Crippen molar-refractivity contribution in [1.82, 2.24) is 25.5 Å². The van der Waals surface area contributed by atoms with Gasteiger partial charge in [0.05, 0.1) is 24.8 Å². The van der Waals surface area contributed by atoms with Gasteiger partial charge < -0.3 is 25.0 Å². The van der Waals surface area contributed by atoms with E-state index in [4.69, 9.17) is 9.47 Å². The summed E-state index contributed by atoms with van der Waals surface area (Å²) in [5.74, 6) is 0.567. The Morgan fingerprint density at radius 2 is 1.83 bits per heavy atom.